The Balaban J connectivity index is 1.72. The maximum Gasteiger partial charge on any atom is 0.341 e. The van der Waals surface area contributed by atoms with Crippen molar-refractivity contribution in [2.75, 3.05) is 26.4 Å². The predicted octanol–water partition coefficient (Wildman–Crippen LogP) is 3.81. The lowest BCUT2D eigenvalue weighted by atomic mass is 10.1. The van der Waals surface area contributed by atoms with Crippen molar-refractivity contribution in [2.24, 2.45) is 5.92 Å². The summed E-state index contributed by atoms with van der Waals surface area (Å²) in [6.07, 6.45) is 2.85. The normalized spacial score (nSPS) is 15.9. The lowest BCUT2D eigenvalue weighted by Crippen LogP contribution is -2.27. The summed E-state index contributed by atoms with van der Waals surface area (Å²) < 4.78 is 26.7. The third-order valence-electron chi connectivity index (χ3n) is 5.28. The maximum absolute atomic E-state index is 13.9. The summed E-state index contributed by atoms with van der Waals surface area (Å²) in [5.74, 6) is -1.65. The molecule has 0 saturated carbocycles. The van der Waals surface area contributed by atoms with Crippen molar-refractivity contribution in [3.8, 4) is 0 Å². The van der Waals surface area contributed by atoms with Crippen molar-refractivity contribution in [1.29, 1.82) is 0 Å². The molecule has 1 amide bonds. The molecule has 0 spiro atoms. The van der Waals surface area contributed by atoms with Gasteiger partial charge < -0.3 is 14.8 Å². The van der Waals surface area contributed by atoms with Crippen molar-refractivity contribution in [3.05, 3.63) is 51.6 Å². The Morgan fingerprint density at radius 2 is 2.16 bits per heavy atom. The van der Waals surface area contributed by atoms with Crippen LogP contribution in [0, 0.1) is 11.7 Å². The van der Waals surface area contributed by atoms with Crippen LogP contribution in [0.5, 0.6) is 0 Å². The second-order valence-electron chi connectivity index (χ2n) is 7.96. The summed E-state index contributed by atoms with van der Waals surface area (Å²) in [5.41, 5.74) is 2.06. The van der Waals surface area contributed by atoms with Crippen LogP contribution in [0.1, 0.15) is 58.8 Å². The van der Waals surface area contributed by atoms with Crippen LogP contribution >= 0.6 is 11.6 Å². The van der Waals surface area contributed by atoms with Gasteiger partial charge in [-0.15, -0.1) is 0 Å². The molecule has 0 aliphatic carbocycles. The van der Waals surface area contributed by atoms with E-state index < -0.39 is 11.8 Å². The average molecular weight is 466 g/mol. The van der Waals surface area contributed by atoms with Crippen LogP contribution in [-0.4, -0.2) is 48.0 Å². The molecule has 2 aromatic rings. The van der Waals surface area contributed by atoms with Crippen molar-refractivity contribution in [1.82, 2.24) is 15.1 Å². The predicted molar refractivity (Wildman–Crippen MR) is 119 cm³/mol. The molecule has 9 heteroatoms. The smallest absolute Gasteiger partial charge is 0.341 e. The number of halogens is 2. The molecule has 1 aliphatic heterocycles. The Bertz CT molecular complexity index is 963. The maximum atomic E-state index is 13.9. The number of carbonyl (C=O) groups is 2. The monoisotopic (exact) mass is 465 g/mol. The van der Waals surface area contributed by atoms with E-state index in [-0.39, 0.29) is 29.0 Å². The van der Waals surface area contributed by atoms with Crippen LogP contribution < -0.4 is 5.32 Å². The van der Waals surface area contributed by atoms with Gasteiger partial charge >= 0.3 is 5.97 Å². The second kappa shape index (κ2) is 11.4. The van der Waals surface area contributed by atoms with E-state index in [1.807, 2.05) is 18.5 Å². The molecule has 32 heavy (non-hydrogen) atoms. The molecule has 2 heterocycles. The molecule has 174 valence electrons. The molecule has 0 saturated heterocycles. The van der Waals surface area contributed by atoms with Crippen molar-refractivity contribution in [3.63, 3.8) is 0 Å². The molecule has 0 radical (unpaired) electrons. The van der Waals surface area contributed by atoms with Gasteiger partial charge in [-0.1, -0.05) is 25.4 Å². The highest BCUT2D eigenvalue weighted by Gasteiger charge is 2.24. The largest absolute Gasteiger partial charge is 0.462 e. The van der Waals surface area contributed by atoms with Crippen LogP contribution in [0.25, 0.3) is 0 Å². The van der Waals surface area contributed by atoms with Gasteiger partial charge in [0.15, 0.2) is 0 Å². The van der Waals surface area contributed by atoms with Gasteiger partial charge in [0.1, 0.15) is 5.82 Å². The van der Waals surface area contributed by atoms with E-state index in [1.54, 1.807) is 0 Å². The first-order chi connectivity index (χ1) is 15.4. The fraction of sp³-hybridized carbons (Fsp3) is 0.522. The number of nitrogens with zero attached hydrogens (tertiary/aromatic N) is 2. The van der Waals surface area contributed by atoms with Crippen LogP contribution in [-0.2, 0) is 28.9 Å². The molecular weight excluding hydrogens is 437 g/mol. The van der Waals surface area contributed by atoms with E-state index in [9.17, 15) is 14.0 Å². The molecule has 1 atom stereocenters. The van der Waals surface area contributed by atoms with Crippen LogP contribution in [0.4, 0.5) is 4.39 Å². The van der Waals surface area contributed by atoms with Crippen molar-refractivity contribution in [2.45, 2.75) is 46.1 Å². The van der Waals surface area contributed by atoms with Crippen LogP contribution in [0.3, 0.4) is 0 Å². The number of carbonyl (C=O) groups excluding carboxylic acids is 2. The third kappa shape index (κ3) is 6.07. The van der Waals surface area contributed by atoms with Gasteiger partial charge in [0, 0.05) is 37.2 Å². The highest BCUT2D eigenvalue weighted by molar-refractivity contribution is 6.30. The summed E-state index contributed by atoms with van der Waals surface area (Å²) >= 11 is 5.86. The van der Waals surface area contributed by atoms with Gasteiger partial charge in [-0.05, 0) is 43.9 Å². The Morgan fingerprint density at radius 1 is 1.38 bits per heavy atom. The van der Waals surface area contributed by atoms with E-state index in [0.29, 0.717) is 44.7 Å². The highest BCUT2D eigenvalue weighted by Crippen LogP contribution is 2.20. The topological polar surface area (TPSA) is 82.5 Å². The second-order valence-corrected chi connectivity index (χ2v) is 8.39. The first-order valence-corrected chi connectivity index (χ1v) is 11.3. The zero-order valence-electron chi connectivity index (χ0n) is 18.5. The number of benzene rings is 1. The number of amides is 1. The number of aryl methyl sites for hydroxylation is 1. The number of ether oxygens (including phenoxy) is 2. The number of hydrogen-bond donors (Lipinski definition) is 1. The van der Waals surface area contributed by atoms with Crippen LogP contribution in [0.15, 0.2) is 18.2 Å². The minimum Gasteiger partial charge on any atom is -0.462 e. The Labute approximate surface area is 192 Å². The van der Waals surface area contributed by atoms with Gasteiger partial charge in [-0.25, -0.2) is 9.18 Å². The molecule has 0 unspecified atom stereocenters. The summed E-state index contributed by atoms with van der Waals surface area (Å²) in [5, 5.41) is 7.90. The lowest BCUT2D eigenvalue weighted by Gasteiger charge is -2.15. The van der Waals surface area contributed by atoms with E-state index in [4.69, 9.17) is 21.1 Å². The van der Waals surface area contributed by atoms with Gasteiger partial charge in [-0.2, -0.15) is 5.10 Å². The fourth-order valence-corrected chi connectivity index (χ4v) is 3.84. The van der Waals surface area contributed by atoms with Gasteiger partial charge in [0.05, 0.1) is 29.1 Å². The third-order valence-corrected chi connectivity index (χ3v) is 5.51. The summed E-state index contributed by atoms with van der Waals surface area (Å²) in [7, 11) is 0. The molecule has 0 fully saturated rings. The number of hydrogen-bond acceptors (Lipinski definition) is 5. The molecule has 1 aromatic heterocycles. The van der Waals surface area contributed by atoms with E-state index in [0.717, 1.165) is 30.3 Å². The first-order valence-electron chi connectivity index (χ1n) is 11.0. The van der Waals surface area contributed by atoms with Crippen LogP contribution in [0.2, 0.25) is 5.02 Å². The summed E-state index contributed by atoms with van der Waals surface area (Å²) in [6, 6.07) is 3.77. The Kier molecular flexibility index (Phi) is 8.64. The van der Waals surface area contributed by atoms with E-state index >= 15 is 0 Å². The van der Waals surface area contributed by atoms with Gasteiger partial charge in [0.25, 0.3) is 5.91 Å². The van der Waals surface area contributed by atoms with Gasteiger partial charge in [0.2, 0.25) is 0 Å². The Morgan fingerprint density at radius 3 is 2.94 bits per heavy atom. The molecule has 1 N–H and O–H groups in total. The minimum atomic E-state index is -0.762. The number of esters is 1. The average Bonchev–Trinajstić information content (AvgIpc) is 3.10. The minimum absolute atomic E-state index is 0.0795. The molecular formula is C23H29ClFN3O4. The molecule has 1 aliphatic rings. The zero-order chi connectivity index (χ0) is 23.1. The fourth-order valence-electron chi connectivity index (χ4n) is 3.67. The van der Waals surface area contributed by atoms with Gasteiger partial charge in [-0.3, -0.25) is 9.48 Å². The lowest BCUT2D eigenvalue weighted by molar-refractivity contribution is 0.0430. The SMILES string of the molecule is CCc1nn(C[C@@H](C)COC(=O)c2cc(Cl)ccc2F)c2c1C(=O)NCCCOCCC2. The Hall–Kier alpha value is -2.45. The number of rotatable bonds is 6. The zero-order valence-corrected chi connectivity index (χ0v) is 19.2. The van der Waals surface area contributed by atoms with Crippen molar-refractivity contribution >= 4 is 23.5 Å². The number of fused-ring (bicyclic) bond motifs is 1. The highest BCUT2D eigenvalue weighted by atomic mass is 35.5. The number of nitrogens with one attached hydrogen (secondary N) is 1. The molecule has 7 nitrogen and oxygen atoms in total. The van der Waals surface area contributed by atoms with Crippen molar-refractivity contribution < 1.29 is 23.5 Å². The summed E-state index contributed by atoms with van der Waals surface area (Å²) in [4.78, 5) is 25.1. The summed E-state index contributed by atoms with van der Waals surface area (Å²) in [6.45, 7) is 6.23. The number of aromatic nitrogens is 2. The quantitative estimate of drug-likeness (QED) is 0.656. The van der Waals surface area contributed by atoms with E-state index in [1.165, 1.54) is 12.1 Å². The standard InChI is InChI=1S/C23H29ClFN3O4/c1-3-19-21-20(6-4-10-31-11-5-9-26-22(21)29)28(27-19)13-15(2)14-32-23(30)17-12-16(24)7-8-18(17)25/h7-8,12,15H,3-6,9-11,13-14H2,1-2H3,(H,26,29)/t15-/m1/s1. The first kappa shape index (κ1) is 24.2. The molecule has 3 rings (SSSR count). The molecule has 1 aromatic carbocycles. The molecule has 0 bridgehead atoms. The van der Waals surface area contributed by atoms with E-state index in [2.05, 4.69) is 10.4 Å².